The van der Waals surface area contributed by atoms with E-state index in [-0.39, 0.29) is 18.4 Å². The summed E-state index contributed by atoms with van der Waals surface area (Å²) in [7, 11) is 0. The van der Waals surface area contributed by atoms with Crippen LogP contribution in [0.5, 0.6) is 0 Å². The van der Waals surface area contributed by atoms with Crippen LogP contribution in [0.2, 0.25) is 0 Å². The van der Waals surface area contributed by atoms with E-state index in [1.54, 1.807) is 0 Å². The van der Waals surface area contributed by atoms with E-state index in [0.29, 0.717) is 19.4 Å². The number of carbonyl (C=O) groups excluding carboxylic acids is 2. The molecule has 1 saturated carbocycles. The van der Waals surface area contributed by atoms with Crippen molar-refractivity contribution in [3.05, 3.63) is 42.2 Å². The quantitative estimate of drug-likeness (QED) is 0.720. The van der Waals surface area contributed by atoms with Crippen molar-refractivity contribution in [1.82, 2.24) is 20.1 Å². The van der Waals surface area contributed by atoms with E-state index in [1.807, 2.05) is 30.3 Å². The first-order valence-electron chi connectivity index (χ1n) is 8.79. The van der Waals surface area contributed by atoms with Crippen LogP contribution in [0.15, 0.2) is 36.7 Å². The van der Waals surface area contributed by atoms with Gasteiger partial charge in [0.15, 0.2) is 0 Å². The van der Waals surface area contributed by atoms with Gasteiger partial charge < -0.3 is 10.4 Å². The van der Waals surface area contributed by atoms with Crippen LogP contribution in [0.4, 0.5) is 5.95 Å². The van der Waals surface area contributed by atoms with Gasteiger partial charge in [-0.2, -0.15) is 0 Å². The fraction of sp³-hybridized carbons (Fsp3) is 0.444. The van der Waals surface area contributed by atoms with Gasteiger partial charge in [0.25, 0.3) is 5.91 Å². The van der Waals surface area contributed by atoms with Crippen molar-refractivity contribution < 1.29 is 14.7 Å². The molecule has 0 spiro atoms. The number of hydrogen-bond donors (Lipinski definition) is 3. The smallest absolute Gasteiger partial charge is 0.258 e. The van der Waals surface area contributed by atoms with Gasteiger partial charge in [0, 0.05) is 6.54 Å². The van der Waals surface area contributed by atoms with Crippen molar-refractivity contribution in [1.29, 1.82) is 0 Å². The molecular weight excluding hydrogens is 334 g/mol. The van der Waals surface area contributed by atoms with Crippen LogP contribution < -0.4 is 10.6 Å². The lowest BCUT2D eigenvalue weighted by atomic mass is 9.84. The van der Waals surface area contributed by atoms with Crippen molar-refractivity contribution >= 4 is 17.8 Å². The second-order valence-corrected chi connectivity index (χ2v) is 6.57. The lowest BCUT2D eigenvalue weighted by molar-refractivity contribution is -0.137. The first-order valence-corrected chi connectivity index (χ1v) is 8.79. The van der Waals surface area contributed by atoms with Gasteiger partial charge in [-0.25, -0.2) is 9.67 Å². The maximum absolute atomic E-state index is 12.3. The highest BCUT2D eigenvalue weighted by Gasteiger charge is 2.37. The Bertz CT molecular complexity index is 753. The minimum atomic E-state index is -1.35. The molecule has 1 aromatic carbocycles. The summed E-state index contributed by atoms with van der Waals surface area (Å²) in [5.41, 5.74) is -0.343. The van der Waals surface area contributed by atoms with Gasteiger partial charge in [0.1, 0.15) is 18.5 Å². The topological polar surface area (TPSA) is 109 Å². The molecule has 0 radical (unpaired) electrons. The normalized spacial score (nSPS) is 16.0. The molecule has 2 aromatic rings. The molecule has 0 bridgehead atoms. The highest BCUT2D eigenvalue weighted by atomic mass is 16.3. The van der Waals surface area contributed by atoms with E-state index in [2.05, 4.69) is 20.7 Å². The Morgan fingerprint density at radius 2 is 1.88 bits per heavy atom. The SMILES string of the molecule is O=C(Cn1cnc(NC(=O)C2(O)CCCCC2)n1)NCc1ccccc1. The van der Waals surface area contributed by atoms with E-state index in [1.165, 1.54) is 11.0 Å². The fourth-order valence-electron chi connectivity index (χ4n) is 3.01. The molecule has 0 saturated heterocycles. The number of nitrogens with one attached hydrogen (secondary N) is 2. The summed E-state index contributed by atoms with van der Waals surface area (Å²) in [4.78, 5) is 28.2. The van der Waals surface area contributed by atoms with Gasteiger partial charge in [-0.15, -0.1) is 5.10 Å². The van der Waals surface area contributed by atoms with Gasteiger partial charge in [0.2, 0.25) is 11.9 Å². The number of aromatic nitrogens is 3. The Morgan fingerprint density at radius 1 is 1.15 bits per heavy atom. The molecule has 0 unspecified atom stereocenters. The number of anilines is 1. The zero-order valence-corrected chi connectivity index (χ0v) is 14.5. The predicted molar refractivity (Wildman–Crippen MR) is 95.0 cm³/mol. The van der Waals surface area contributed by atoms with E-state index in [9.17, 15) is 14.7 Å². The second kappa shape index (κ2) is 8.09. The Labute approximate surface area is 151 Å². The summed E-state index contributed by atoms with van der Waals surface area (Å²) >= 11 is 0. The van der Waals surface area contributed by atoms with Gasteiger partial charge in [-0.1, -0.05) is 49.6 Å². The van der Waals surface area contributed by atoms with E-state index < -0.39 is 11.5 Å². The van der Waals surface area contributed by atoms with Crippen LogP contribution in [0.25, 0.3) is 0 Å². The average molecular weight is 357 g/mol. The molecule has 138 valence electrons. The van der Waals surface area contributed by atoms with Gasteiger partial charge >= 0.3 is 0 Å². The molecule has 1 fully saturated rings. The van der Waals surface area contributed by atoms with Crippen LogP contribution in [0, 0.1) is 0 Å². The molecule has 1 aliphatic carbocycles. The van der Waals surface area contributed by atoms with E-state index in [0.717, 1.165) is 24.8 Å². The summed E-state index contributed by atoms with van der Waals surface area (Å²) in [6, 6.07) is 9.60. The summed E-state index contributed by atoms with van der Waals surface area (Å²) in [6.45, 7) is 0.435. The number of aliphatic hydroxyl groups is 1. The minimum absolute atomic E-state index is 0.0000279. The molecule has 8 heteroatoms. The Balaban J connectivity index is 1.49. The van der Waals surface area contributed by atoms with Crippen LogP contribution in [-0.4, -0.2) is 37.3 Å². The highest BCUT2D eigenvalue weighted by Crippen LogP contribution is 2.28. The largest absolute Gasteiger partial charge is 0.380 e. The van der Waals surface area contributed by atoms with Gasteiger partial charge in [-0.05, 0) is 18.4 Å². The molecule has 3 N–H and O–H groups in total. The lowest BCUT2D eigenvalue weighted by Gasteiger charge is -2.29. The lowest BCUT2D eigenvalue weighted by Crippen LogP contribution is -2.44. The fourth-order valence-corrected chi connectivity index (χ4v) is 3.01. The standard InChI is InChI=1S/C18H23N5O3/c24-15(19-11-14-7-3-1-4-8-14)12-23-13-20-17(22-23)21-16(25)18(26)9-5-2-6-10-18/h1,3-4,7-8,13,26H,2,5-6,9-12H2,(H,19,24)(H,21,22,25). The number of rotatable bonds is 6. The summed E-state index contributed by atoms with van der Waals surface area (Å²) in [5.74, 6) is -0.601. The number of benzene rings is 1. The molecule has 1 aliphatic rings. The second-order valence-electron chi connectivity index (χ2n) is 6.57. The van der Waals surface area contributed by atoms with Crippen molar-refractivity contribution in [2.24, 2.45) is 0 Å². The first-order chi connectivity index (χ1) is 12.5. The molecule has 26 heavy (non-hydrogen) atoms. The van der Waals surface area contributed by atoms with Crippen LogP contribution >= 0.6 is 0 Å². The zero-order valence-electron chi connectivity index (χ0n) is 14.5. The van der Waals surface area contributed by atoms with Crippen molar-refractivity contribution in [2.75, 3.05) is 5.32 Å². The number of amides is 2. The maximum atomic E-state index is 12.3. The summed E-state index contributed by atoms with van der Waals surface area (Å²) in [5, 5.41) is 19.8. The Hall–Kier alpha value is -2.74. The third-order valence-corrected chi connectivity index (χ3v) is 4.50. The molecule has 2 amide bonds. The highest BCUT2D eigenvalue weighted by molar-refractivity contribution is 5.95. The van der Waals surface area contributed by atoms with Gasteiger partial charge in [-0.3, -0.25) is 14.9 Å². The third kappa shape index (κ3) is 4.66. The van der Waals surface area contributed by atoms with E-state index >= 15 is 0 Å². The van der Waals surface area contributed by atoms with Crippen molar-refractivity contribution in [2.45, 2.75) is 50.8 Å². The van der Waals surface area contributed by atoms with Crippen LogP contribution in [0.1, 0.15) is 37.7 Å². The molecule has 1 heterocycles. The maximum Gasteiger partial charge on any atom is 0.258 e. The number of carbonyl (C=O) groups is 2. The Kier molecular flexibility index (Phi) is 5.62. The number of nitrogens with zero attached hydrogens (tertiary/aromatic N) is 3. The monoisotopic (exact) mass is 357 g/mol. The summed E-state index contributed by atoms with van der Waals surface area (Å²) < 4.78 is 1.35. The van der Waals surface area contributed by atoms with Crippen molar-refractivity contribution in [3.8, 4) is 0 Å². The minimum Gasteiger partial charge on any atom is -0.380 e. The average Bonchev–Trinajstić information content (AvgIpc) is 3.08. The predicted octanol–water partition coefficient (Wildman–Crippen LogP) is 1.23. The molecule has 3 rings (SSSR count). The molecule has 1 aromatic heterocycles. The third-order valence-electron chi connectivity index (χ3n) is 4.50. The van der Waals surface area contributed by atoms with Gasteiger partial charge in [0.05, 0.1) is 0 Å². The van der Waals surface area contributed by atoms with Crippen molar-refractivity contribution in [3.63, 3.8) is 0 Å². The number of hydrogen-bond acceptors (Lipinski definition) is 5. The molecular formula is C18H23N5O3. The van der Waals surface area contributed by atoms with E-state index in [4.69, 9.17) is 0 Å². The summed E-state index contributed by atoms with van der Waals surface area (Å²) in [6.07, 6.45) is 4.95. The Morgan fingerprint density at radius 3 is 2.62 bits per heavy atom. The molecule has 0 aliphatic heterocycles. The molecule has 8 nitrogen and oxygen atoms in total. The van der Waals surface area contributed by atoms with Crippen LogP contribution in [0.3, 0.4) is 0 Å². The van der Waals surface area contributed by atoms with Crippen LogP contribution in [-0.2, 0) is 22.7 Å². The molecule has 0 atom stereocenters. The first kappa shape index (κ1) is 18.1. The zero-order chi connectivity index (χ0) is 18.4.